The number of imidazole rings is 1. The Labute approximate surface area is 166 Å². The highest BCUT2D eigenvalue weighted by molar-refractivity contribution is 5.98. The van der Waals surface area contributed by atoms with Crippen LogP contribution in [0.5, 0.6) is 0 Å². The van der Waals surface area contributed by atoms with E-state index >= 15 is 0 Å². The standard InChI is InChI=1S/C23H28N4O/c1-25(2)14-15-26-13-11-24-22(26)21-8-5-12-27(17-21)23(28)20-10-9-18-6-3-4-7-19(18)16-20/h3-4,6-7,9-11,13,16,21H,5,8,12,14-15,17H2,1-2H3. The highest BCUT2D eigenvalue weighted by Gasteiger charge is 2.28. The van der Waals surface area contributed by atoms with Gasteiger partial charge in [-0.1, -0.05) is 30.3 Å². The summed E-state index contributed by atoms with van der Waals surface area (Å²) in [6.07, 6.45) is 6.04. The minimum Gasteiger partial charge on any atom is -0.338 e. The number of carbonyl (C=O) groups is 1. The fourth-order valence-corrected chi connectivity index (χ4v) is 4.05. The predicted molar refractivity (Wildman–Crippen MR) is 113 cm³/mol. The van der Waals surface area contributed by atoms with Gasteiger partial charge >= 0.3 is 0 Å². The Morgan fingerprint density at radius 3 is 2.82 bits per heavy atom. The van der Waals surface area contributed by atoms with Gasteiger partial charge in [0.2, 0.25) is 0 Å². The predicted octanol–water partition coefficient (Wildman–Crippen LogP) is 3.62. The molecule has 0 spiro atoms. The van der Waals surface area contributed by atoms with E-state index in [1.54, 1.807) is 0 Å². The van der Waals surface area contributed by atoms with Crippen LogP contribution in [0, 0.1) is 0 Å². The molecule has 2 aromatic carbocycles. The van der Waals surface area contributed by atoms with Gasteiger partial charge in [-0.2, -0.15) is 0 Å². The fourth-order valence-electron chi connectivity index (χ4n) is 4.05. The van der Waals surface area contributed by atoms with E-state index in [1.807, 2.05) is 41.4 Å². The van der Waals surface area contributed by atoms with Crippen LogP contribution in [0.3, 0.4) is 0 Å². The molecule has 4 rings (SSSR count). The van der Waals surface area contributed by atoms with E-state index in [0.29, 0.717) is 5.92 Å². The summed E-state index contributed by atoms with van der Waals surface area (Å²) >= 11 is 0. The SMILES string of the molecule is CN(C)CCn1ccnc1C1CCCN(C(=O)c2ccc3ccccc3c2)C1. The van der Waals surface area contributed by atoms with E-state index in [1.165, 1.54) is 5.39 Å². The van der Waals surface area contributed by atoms with Crippen LogP contribution in [0.1, 0.15) is 34.9 Å². The average molecular weight is 377 g/mol. The quantitative estimate of drug-likeness (QED) is 0.683. The number of piperidine rings is 1. The lowest BCUT2D eigenvalue weighted by Crippen LogP contribution is -2.39. The molecule has 1 unspecified atom stereocenters. The zero-order chi connectivity index (χ0) is 19.5. The summed E-state index contributed by atoms with van der Waals surface area (Å²) in [7, 11) is 4.17. The molecule has 0 radical (unpaired) electrons. The Hall–Kier alpha value is -2.66. The first kappa shape index (κ1) is 18.7. The molecule has 5 heteroatoms. The molecule has 1 aliphatic rings. The lowest BCUT2D eigenvalue weighted by Gasteiger charge is -2.33. The van der Waals surface area contributed by atoms with Crippen LogP contribution in [-0.4, -0.2) is 59.0 Å². The molecule has 2 heterocycles. The number of rotatable bonds is 5. The molecule has 1 fully saturated rings. The summed E-state index contributed by atoms with van der Waals surface area (Å²) in [4.78, 5) is 22.0. The first-order valence-corrected chi connectivity index (χ1v) is 10.1. The first-order chi connectivity index (χ1) is 13.6. The monoisotopic (exact) mass is 376 g/mol. The van der Waals surface area contributed by atoms with Gasteiger partial charge in [-0.25, -0.2) is 4.98 Å². The highest BCUT2D eigenvalue weighted by atomic mass is 16.2. The number of hydrogen-bond acceptors (Lipinski definition) is 3. The van der Waals surface area contributed by atoms with Crippen LogP contribution < -0.4 is 0 Å². The lowest BCUT2D eigenvalue weighted by molar-refractivity contribution is 0.0703. The van der Waals surface area contributed by atoms with Crippen molar-refractivity contribution >= 4 is 16.7 Å². The number of hydrogen-bond donors (Lipinski definition) is 0. The van der Waals surface area contributed by atoms with Crippen molar-refractivity contribution in [2.24, 2.45) is 0 Å². The Morgan fingerprint density at radius 1 is 1.18 bits per heavy atom. The summed E-state index contributed by atoms with van der Waals surface area (Å²) in [5.41, 5.74) is 0.773. The second-order valence-corrected chi connectivity index (χ2v) is 7.93. The van der Waals surface area contributed by atoms with Crippen molar-refractivity contribution in [1.82, 2.24) is 19.4 Å². The molecule has 28 heavy (non-hydrogen) atoms. The maximum absolute atomic E-state index is 13.2. The highest BCUT2D eigenvalue weighted by Crippen LogP contribution is 2.27. The number of likely N-dealkylation sites (N-methyl/N-ethyl adjacent to an activating group) is 1. The summed E-state index contributed by atoms with van der Waals surface area (Å²) in [6, 6.07) is 14.2. The second-order valence-electron chi connectivity index (χ2n) is 7.93. The normalized spacial score (nSPS) is 17.4. The van der Waals surface area contributed by atoms with Crippen molar-refractivity contribution < 1.29 is 4.79 Å². The van der Waals surface area contributed by atoms with Crippen LogP contribution in [0.2, 0.25) is 0 Å². The molecule has 0 N–H and O–H groups in total. The number of fused-ring (bicyclic) bond motifs is 1. The minimum absolute atomic E-state index is 0.127. The fraction of sp³-hybridized carbons (Fsp3) is 0.391. The molecule has 1 amide bonds. The molecule has 1 saturated heterocycles. The van der Waals surface area contributed by atoms with Gasteiger partial charge in [-0.3, -0.25) is 4.79 Å². The summed E-state index contributed by atoms with van der Waals surface area (Å²) in [5, 5.41) is 2.28. The zero-order valence-electron chi connectivity index (χ0n) is 16.7. The Bertz CT molecular complexity index is 962. The molecular weight excluding hydrogens is 348 g/mol. The van der Waals surface area contributed by atoms with Crippen molar-refractivity contribution in [2.45, 2.75) is 25.3 Å². The van der Waals surface area contributed by atoms with Crippen molar-refractivity contribution in [3.63, 3.8) is 0 Å². The van der Waals surface area contributed by atoms with E-state index < -0.39 is 0 Å². The number of aromatic nitrogens is 2. The number of likely N-dealkylation sites (tertiary alicyclic amines) is 1. The third kappa shape index (κ3) is 3.94. The van der Waals surface area contributed by atoms with Gasteiger partial charge < -0.3 is 14.4 Å². The van der Waals surface area contributed by atoms with E-state index in [-0.39, 0.29) is 5.91 Å². The Morgan fingerprint density at radius 2 is 2.00 bits per heavy atom. The van der Waals surface area contributed by atoms with Gasteiger partial charge in [0.05, 0.1) is 0 Å². The molecule has 1 aliphatic heterocycles. The van der Waals surface area contributed by atoms with Crippen molar-refractivity contribution in [2.75, 3.05) is 33.7 Å². The van der Waals surface area contributed by atoms with E-state index in [9.17, 15) is 4.79 Å². The molecule has 146 valence electrons. The van der Waals surface area contributed by atoms with Gasteiger partial charge in [0, 0.05) is 50.1 Å². The molecule has 1 atom stereocenters. The molecule has 3 aromatic rings. The summed E-state index contributed by atoms with van der Waals surface area (Å²) < 4.78 is 2.24. The lowest BCUT2D eigenvalue weighted by atomic mass is 9.96. The molecule has 1 aromatic heterocycles. The topological polar surface area (TPSA) is 41.4 Å². The Balaban J connectivity index is 1.50. The number of nitrogens with zero attached hydrogens (tertiary/aromatic N) is 4. The largest absolute Gasteiger partial charge is 0.338 e. The molecular formula is C23H28N4O. The van der Waals surface area contributed by atoms with Gasteiger partial charge in [-0.15, -0.1) is 0 Å². The minimum atomic E-state index is 0.127. The third-order valence-corrected chi connectivity index (χ3v) is 5.61. The molecule has 0 aliphatic carbocycles. The molecule has 0 saturated carbocycles. The van der Waals surface area contributed by atoms with Crippen LogP contribution in [0.15, 0.2) is 54.9 Å². The second kappa shape index (κ2) is 8.15. The van der Waals surface area contributed by atoms with Gasteiger partial charge in [0.25, 0.3) is 5.91 Å². The Kier molecular flexibility index (Phi) is 5.44. The van der Waals surface area contributed by atoms with Crippen LogP contribution in [-0.2, 0) is 6.54 Å². The number of carbonyl (C=O) groups excluding carboxylic acids is 1. The maximum atomic E-state index is 13.2. The van der Waals surface area contributed by atoms with Crippen LogP contribution in [0.4, 0.5) is 0 Å². The van der Waals surface area contributed by atoms with Crippen molar-refractivity contribution in [3.8, 4) is 0 Å². The summed E-state index contributed by atoms with van der Waals surface area (Å²) in [6.45, 7) is 3.47. The van der Waals surface area contributed by atoms with Crippen molar-refractivity contribution in [3.05, 3.63) is 66.2 Å². The maximum Gasteiger partial charge on any atom is 0.253 e. The van der Waals surface area contributed by atoms with Crippen LogP contribution >= 0.6 is 0 Å². The van der Waals surface area contributed by atoms with Gasteiger partial charge in [0.1, 0.15) is 5.82 Å². The van der Waals surface area contributed by atoms with E-state index in [2.05, 4.69) is 46.9 Å². The van der Waals surface area contributed by atoms with E-state index in [0.717, 1.165) is 55.8 Å². The van der Waals surface area contributed by atoms with Crippen LogP contribution in [0.25, 0.3) is 10.8 Å². The van der Waals surface area contributed by atoms with Gasteiger partial charge in [0.15, 0.2) is 0 Å². The molecule has 0 bridgehead atoms. The summed E-state index contributed by atoms with van der Waals surface area (Å²) in [5.74, 6) is 1.54. The first-order valence-electron chi connectivity index (χ1n) is 10.1. The number of benzene rings is 2. The van der Waals surface area contributed by atoms with E-state index in [4.69, 9.17) is 0 Å². The number of amides is 1. The third-order valence-electron chi connectivity index (χ3n) is 5.61. The van der Waals surface area contributed by atoms with Crippen molar-refractivity contribution in [1.29, 1.82) is 0 Å². The van der Waals surface area contributed by atoms with Gasteiger partial charge in [-0.05, 0) is 49.8 Å². The average Bonchev–Trinajstić information content (AvgIpc) is 3.20. The molecule has 5 nitrogen and oxygen atoms in total. The zero-order valence-corrected chi connectivity index (χ0v) is 16.7. The smallest absolute Gasteiger partial charge is 0.253 e.